The lowest BCUT2D eigenvalue weighted by Crippen LogP contribution is -2.32. The molecule has 1 aromatic rings. The van der Waals surface area contributed by atoms with Crippen LogP contribution in [0.4, 0.5) is 0 Å². The van der Waals surface area contributed by atoms with Gasteiger partial charge in [0.1, 0.15) is 0 Å². The molecule has 0 aliphatic carbocycles. The topological polar surface area (TPSA) is 40.5 Å². The average molecular weight is 240 g/mol. The van der Waals surface area contributed by atoms with Crippen molar-refractivity contribution < 1.29 is 9.90 Å². The van der Waals surface area contributed by atoms with Crippen LogP contribution < -0.4 is 0 Å². The molecule has 1 N–H and O–H groups in total. The summed E-state index contributed by atoms with van der Waals surface area (Å²) in [6.07, 6.45) is 1.17. The van der Waals surface area contributed by atoms with Gasteiger partial charge in [-0.1, -0.05) is 17.7 Å². The third-order valence-corrected chi connectivity index (χ3v) is 3.14. The second-order valence-corrected chi connectivity index (χ2v) is 4.52. The summed E-state index contributed by atoms with van der Waals surface area (Å²) in [6.45, 7) is 2.37. The van der Waals surface area contributed by atoms with E-state index < -0.39 is 5.97 Å². The number of halogens is 1. The number of aliphatic carboxylic acids is 1. The number of carboxylic acid groups (broad SMARTS) is 1. The predicted octanol–water partition coefficient (Wildman–Crippen LogP) is 2.17. The average Bonchev–Trinajstić information content (AvgIpc) is 2.26. The zero-order valence-corrected chi connectivity index (χ0v) is 9.70. The van der Waals surface area contributed by atoms with E-state index in [0.717, 1.165) is 24.5 Å². The summed E-state index contributed by atoms with van der Waals surface area (Å²) in [5, 5.41) is 9.41. The Hall–Kier alpha value is -1.06. The van der Waals surface area contributed by atoms with Gasteiger partial charge in [-0.05, 0) is 29.7 Å². The zero-order valence-electron chi connectivity index (χ0n) is 8.95. The van der Waals surface area contributed by atoms with Crippen molar-refractivity contribution in [3.8, 4) is 0 Å². The first-order valence-corrected chi connectivity index (χ1v) is 5.74. The van der Waals surface area contributed by atoms with Crippen molar-refractivity contribution in [2.45, 2.75) is 19.4 Å². The summed E-state index contributed by atoms with van der Waals surface area (Å²) in [5.41, 5.74) is 2.56. The van der Waals surface area contributed by atoms with E-state index in [9.17, 15) is 4.79 Å². The number of benzene rings is 1. The van der Waals surface area contributed by atoms with Crippen LogP contribution in [0, 0.1) is 0 Å². The van der Waals surface area contributed by atoms with Crippen molar-refractivity contribution in [2.24, 2.45) is 0 Å². The molecule has 2 rings (SSSR count). The van der Waals surface area contributed by atoms with Crippen molar-refractivity contribution in [1.82, 2.24) is 4.90 Å². The van der Waals surface area contributed by atoms with Gasteiger partial charge >= 0.3 is 5.97 Å². The van der Waals surface area contributed by atoms with Gasteiger partial charge in [-0.3, -0.25) is 9.69 Å². The maximum Gasteiger partial charge on any atom is 0.304 e. The first kappa shape index (κ1) is 11.4. The molecule has 0 spiro atoms. The van der Waals surface area contributed by atoms with Gasteiger partial charge in [-0.25, -0.2) is 0 Å². The molecule has 0 unspecified atom stereocenters. The molecule has 0 saturated heterocycles. The maximum atomic E-state index is 10.5. The number of carboxylic acids is 1. The lowest BCUT2D eigenvalue weighted by atomic mass is 10.00. The second-order valence-electron chi connectivity index (χ2n) is 4.08. The molecule has 0 atom stereocenters. The van der Waals surface area contributed by atoms with E-state index in [1.165, 1.54) is 11.1 Å². The van der Waals surface area contributed by atoms with E-state index in [1.807, 2.05) is 18.2 Å². The molecule has 1 heterocycles. The van der Waals surface area contributed by atoms with Crippen LogP contribution in [0.1, 0.15) is 17.5 Å². The molecule has 0 radical (unpaired) electrons. The fourth-order valence-electron chi connectivity index (χ4n) is 2.02. The fraction of sp³-hybridized carbons (Fsp3) is 0.417. The Morgan fingerprint density at radius 3 is 3.00 bits per heavy atom. The third kappa shape index (κ3) is 2.74. The second kappa shape index (κ2) is 4.85. The molecule has 0 fully saturated rings. The van der Waals surface area contributed by atoms with E-state index in [0.29, 0.717) is 6.54 Å². The molecular formula is C12H14ClNO2. The lowest BCUT2D eigenvalue weighted by molar-refractivity contribution is -0.137. The highest BCUT2D eigenvalue weighted by atomic mass is 35.5. The van der Waals surface area contributed by atoms with E-state index in [2.05, 4.69) is 4.90 Å². The highest BCUT2D eigenvalue weighted by molar-refractivity contribution is 6.30. The quantitative estimate of drug-likeness (QED) is 0.879. The molecule has 1 aliphatic rings. The summed E-state index contributed by atoms with van der Waals surface area (Å²) in [7, 11) is 0. The van der Waals surface area contributed by atoms with Crippen LogP contribution in [-0.2, 0) is 17.8 Å². The Morgan fingerprint density at radius 1 is 1.44 bits per heavy atom. The number of hydrogen-bond acceptors (Lipinski definition) is 2. The van der Waals surface area contributed by atoms with E-state index in [-0.39, 0.29) is 6.42 Å². The minimum absolute atomic E-state index is 0.211. The zero-order chi connectivity index (χ0) is 11.5. The number of hydrogen-bond donors (Lipinski definition) is 1. The molecule has 0 aromatic heterocycles. The van der Waals surface area contributed by atoms with E-state index in [1.54, 1.807) is 0 Å². The standard InChI is InChI=1S/C12H14ClNO2/c13-11-2-1-10-8-14(6-4-12(15)16)5-3-9(10)7-11/h1-2,7H,3-6,8H2,(H,15,16). The highest BCUT2D eigenvalue weighted by Gasteiger charge is 2.16. The van der Waals surface area contributed by atoms with Crippen LogP contribution >= 0.6 is 11.6 Å². The number of carbonyl (C=O) groups is 1. The van der Waals surface area contributed by atoms with Crippen molar-refractivity contribution >= 4 is 17.6 Å². The van der Waals surface area contributed by atoms with Gasteiger partial charge in [-0.15, -0.1) is 0 Å². The Kier molecular flexibility index (Phi) is 3.46. The van der Waals surface area contributed by atoms with Crippen molar-refractivity contribution in [3.05, 3.63) is 34.3 Å². The Morgan fingerprint density at radius 2 is 2.25 bits per heavy atom. The monoisotopic (exact) mass is 239 g/mol. The van der Waals surface area contributed by atoms with Gasteiger partial charge in [0.25, 0.3) is 0 Å². The summed E-state index contributed by atoms with van der Waals surface area (Å²) in [5.74, 6) is -0.734. The normalized spacial score (nSPS) is 15.8. The molecule has 4 heteroatoms. The summed E-state index contributed by atoms with van der Waals surface area (Å²) >= 11 is 5.92. The predicted molar refractivity (Wildman–Crippen MR) is 62.7 cm³/mol. The molecule has 86 valence electrons. The Bertz CT molecular complexity index is 406. The lowest BCUT2D eigenvalue weighted by Gasteiger charge is -2.28. The third-order valence-electron chi connectivity index (χ3n) is 2.90. The van der Waals surface area contributed by atoms with E-state index in [4.69, 9.17) is 16.7 Å². The summed E-state index contributed by atoms with van der Waals surface area (Å²) in [6, 6.07) is 5.93. The smallest absolute Gasteiger partial charge is 0.304 e. The molecule has 0 amide bonds. The number of rotatable bonds is 3. The summed E-state index contributed by atoms with van der Waals surface area (Å²) < 4.78 is 0. The summed E-state index contributed by atoms with van der Waals surface area (Å²) in [4.78, 5) is 12.7. The molecule has 16 heavy (non-hydrogen) atoms. The minimum Gasteiger partial charge on any atom is -0.481 e. The molecule has 0 bridgehead atoms. The van der Waals surface area contributed by atoms with Gasteiger partial charge in [0.05, 0.1) is 6.42 Å². The van der Waals surface area contributed by atoms with Crippen LogP contribution in [0.15, 0.2) is 18.2 Å². The largest absolute Gasteiger partial charge is 0.481 e. The van der Waals surface area contributed by atoms with Gasteiger partial charge in [-0.2, -0.15) is 0 Å². The SMILES string of the molecule is O=C(O)CCN1CCc2cc(Cl)ccc2C1. The molecule has 0 saturated carbocycles. The molecule has 3 nitrogen and oxygen atoms in total. The van der Waals surface area contributed by atoms with Crippen LogP contribution in [0.2, 0.25) is 5.02 Å². The van der Waals surface area contributed by atoms with Gasteiger partial charge in [0, 0.05) is 24.7 Å². The maximum absolute atomic E-state index is 10.5. The first-order valence-electron chi connectivity index (χ1n) is 5.36. The molecule has 1 aromatic carbocycles. The van der Waals surface area contributed by atoms with Crippen LogP contribution in [0.3, 0.4) is 0 Å². The van der Waals surface area contributed by atoms with Crippen LogP contribution in [0.5, 0.6) is 0 Å². The van der Waals surface area contributed by atoms with Gasteiger partial charge < -0.3 is 5.11 Å². The Labute approximate surface area is 99.6 Å². The minimum atomic E-state index is -0.734. The highest BCUT2D eigenvalue weighted by Crippen LogP contribution is 2.22. The van der Waals surface area contributed by atoms with Gasteiger partial charge in [0.2, 0.25) is 0 Å². The number of fused-ring (bicyclic) bond motifs is 1. The van der Waals surface area contributed by atoms with Crippen LogP contribution in [0.25, 0.3) is 0 Å². The first-order chi connectivity index (χ1) is 7.65. The number of nitrogens with zero attached hydrogens (tertiary/aromatic N) is 1. The van der Waals surface area contributed by atoms with Crippen molar-refractivity contribution in [1.29, 1.82) is 0 Å². The van der Waals surface area contributed by atoms with E-state index >= 15 is 0 Å². The fourth-order valence-corrected chi connectivity index (χ4v) is 2.22. The molecular weight excluding hydrogens is 226 g/mol. The van der Waals surface area contributed by atoms with Gasteiger partial charge in [0.15, 0.2) is 0 Å². The Balaban J connectivity index is 2.01. The van der Waals surface area contributed by atoms with Crippen molar-refractivity contribution in [2.75, 3.05) is 13.1 Å². The van der Waals surface area contributed by atoms with Crippen molar-refractivity contribution in [3.63, 3.8) is 0 Å². The molecule has 1 aliphatic heterocycles. The van der Waals surface area contributed by atoms with Crippen LogP contribution in [-0.4, -0.2) is 29.1 Å².